The van der Waals surface area contributed by atoms with E-state index < -0.39 is 6.43 Å². The maximum Gasteiger partial charge on any atom is 0.350 e. The minimum Gasteiger partial charge on any atom is -0.350 e. The second-order valence-corrected chi connectivity index (χ2v) is 12.4. The summed E-state index contributed by atoms with van der Waals surface area (Å²) in [4.78, 5) is 23.6. The third-order valence-corrected chi connectivity index (χ3v) is 9.57. The van der Waals surface area contributed by atoms with Gasteiger partial charge >= 0.3 is 5.69 Å². The zero-order valence-electron chi connectivity index (χ0n) is 22.5. The first-order valence-corrected chi connectivity index (χ1v) is 14.7. The molecule has 3 aliphatic rings. The van der Waals surface area contributed by atoms with Gasteiger partial charge in [-0.3, -0.25) is 9.47 Å². The summed E-state index contributed by atoms with van der Waals surface area (Å²) in [6, 6.07) is 9.04. The first kappa shape index (κ1) is 26.7. The summed E-state index contributed by atoms with van der Waals surface area (Å²) in [7, 11) is 0. The van der Waals surface area contributed by atoms with E-state index in [-0.39, 0.29) is 42.1 Å². The molecule has 0 unspecified atom stereocenters. The number of hydrogen-bond acceptors (Lipinski definition) is 6. The minimum atomic E-state index is -2.33. The maximum absolute atomic E-state index is 13.8. The van der Waals surface area contributed by atoms with Crippen molar-refractivity contribution in [2.75, 3.05) is 43.4 Å². The maximum atomic E-state index is 13.8. The predicted octanol–water partition coefficient (Wildman–Crippen LogP) is 4.93. The lowest BCUT2D eigenvalue weighted by atomic mass is 9.92. The van der Waals surface area contributed by atoms with E-state index in [0.29, 0.717) is 18.8 Å². The fourth-order valence-electron chi connectivity index (χ4n) is 6.46. The second-order valence-electron chi connectivity index (χ2n) is 11.4. The number of nitrogens with one attached hydrogen (secondary N) is 1. The van der Waals surface area contributed by atoms with Crippen LogP contribution in [-0.2, 0) is 0 Å². The molecule has 0 radical (unpaired) electrons. The summed E-state index contributed by atoms with van der Waals surface area (Å²) >= 11 is 1.74. The predicted molar refractivity (Wildman–Crippen MR) is 151 cm³/mol. The number of nitrogens with zero attached hydrogens (tertiary/aromatic N) is 4. The van der Waals surface area contributed by atoms with E-state index in [9.17, 15) is 18.0 Å². The molecule has 6 nitrogen and oxygen atoms in total. The first-order valence-electron chi connectivity index (χ1n) is 13.7. The van der Waals surface area contributed by atoms with Crippen LogP contribution < -0.4 is 15.9 Å². The minimum absolute atomic E-state index is 0.0686. The molecule has 39 heavy (non-hydrogen) atoms. The number of anilines is 1. The van der Waals surface area contributed by atoms with Crippen LogP contribution in [0.25, 0.3) is 22.0 Å². The SMILES string of the molecule is Cc1cc2c(N3C[C@@H](C)NC[C@@H]3C)nc(=O)n3c2c(c1-c1ccc(F)cc1)SC[C@@H]3CC1CN(CC(F)F)C1. The van der Waals surface area contributed by atoms with Crippen LogP contribution in [0.1, 0.15) is 31.9 Å². The Bertz CT molecular complexity index is 1440. The molecule has 2 fully saturated rings. The van der Waals surface area contributed by atoms with Gasteiger partial charge < -0.3 is 10.2 Å². The lowest BCUT2D eigenvalue weighted by Crippen LogP contribution is -2.55. The fraction of sp³-hybridized carbons (Fsp3) is 0.517. The lowest BCUT2D eigenvalue weighted by molar-refractivity contribution is 0.0186. The Morgan fingerprint density at radius 2 is 1.90 bits per heavy atom. The van der Waals surface area contributed by atoms with Gasteiger partial charge in [-0.15, -0.1) is 11.8 Å². The number of alkyl halides is 2. The Balaban J connectivity index is 1.48. The van der Waals surface area contributed by atoms with Crippen LogP contribution in [0, 0.1) is 18.7 Å². The second kappa shape index (κ2) is 10.4. The number of likely N-dealkylation sites (tertiary alicyclic amines) is 1. The van der Waals surface area contributed by atoms with Gasteiger partial charge in [0, 0.05) is 65.9 Å². The normalized spacial score (nSPS) is 24.0. The smallest absolute Gasteiger partial charge is 0.350 e. The zero-order chi connectivity index (χ0) is 27.4. The van der Waals surface area contributed by atoms with Crippen LogP contribution in [0.4, 0.5) is 19.0 Å². The molecule has 0 amide bonds. The highest BCUT2D eigenvalue weighted by Crippen LogP contribution is 2.47. The average molecular weight is 558 g/mol. The van der Waals surface area contributed by atoms with E-state index in [1.807, 2.05) is 4.57 Å². The number of thioether (sulfide) groups is 1. The molecule has 0 bridgehead atoms. The Morgan fingerprint density at radius 3 is 2.62 bits per heavy atom. The fourth-order valence-corrected chi connectivity index (χ4v) is 7.87. The average Bonchev–Trinajstić information content (AvgIpc) is 2.87. The van der Waals surface area contributed by atoms with Crippen molar-refractivity contribution in [1.29, 1.82) is 0 Å². The number of aromatic nitrogens is 2. The number of halogens is 3. The molecule has 3 atom stereocenters. The summed E-state index contributed by atoms with van der Waals surface area (Å²) in [5.41, 5.74) is 3.61. The van der Waals surface area contributed by atoms with Gasteiger partial charge in [0.05, 0.1) is 12.1 Å². The molecule has 0 aliphatic carbocycles. The van der Waals surface area contributed by atoms with Crippen molar-refractivity contribution in [2.24, 2.45) is 5.92 Å². The van der Waals surface area contributed by atoms with E-state index in [2.05, 4.69) is 37.1 Å². The van der Waals surface area contributed by atoms with Crippen molar-refractivity contribution in [3.8, 4) is 11.1 Å². The molecule has 6 rings (SSSR count). The van der Waals surface area contributed by atoms with Crippen molar-refractivity contribution in [2.45, 2.75) is 56.6 Å². The molecule has 3 aromatic rings. The summed E-state index contributed by atoms with van der Waals surface area (Å²) in [5, 5.41) is 4.46. The third-order valence-electron chi connectivity index (χ3n) is 8.33. The van der Waals surface area contributed by atoms with Gasteiger partial charge in [-0.05, 0) is 62.4 Å². The van der Waals surface area contributed by atoms with Gasteiger partial charge in [0.2, 0.25) is 0 Å². The molecular formula is C29H34F3N5OS. The highest BCUT2D eigenvalue weighted by atomic mass is 32.2. The van der Waals surface area contributed by atoms with Crippen molar-refractivity contribution in [3.05, 3.63) is 52.2 Å². The number of hydrogen-bond donors (Lipinski definition) is 1. The molecule has 4 heterocycles. The first-order chi connectivity index (χ1) is 18.7. The summed E-state index contributed by atoms with van der Waals surface area (Å²) in [6.45, 7) is 8.97. The van der Waals surface area contributed by atoms with Gasteiger partial charge in [-0.1, -0.05) is 12.1 Å². The standard InChI is InChI=1S/C29H34F3N5OS/c1-16-8-23-26-27(25(16)20-4-6-21(30)7-5-20)39-15-22(9-19-12-35(13-19)14-24(31)32)37(26)29(38)34-28(23)36-11-17(2)33-10-18(36)3/h4-8,17-19,22,24,33H,9-15H2,1-3H3/t17-,18+,22+/m1/s1. The van der Waals surface area contributed by atoms with Gasteiger partial charge in [-0.2, -0.15) is 4.98 Å². The van der Waals surface area contributed by atoms with E-state index in [4.69, 9.17) is 4.98 Å². The van der Waals surface area contributed by atoms with Crippen molar-refractivity contribution in [1.82, 2.24) is 19.8 Å². The van der Waals surface area contributed by atoms with Crippen molar-refractivity contribution < 1.29 is 13.2 Å². The molecule has 10 heteroatoms. The number of piperazine rings is 1. The van der Waals surface area contributed by atoms with Crippen molar-refractivity contribution in [3.63, 3.8) is 0 Å². The van der Waals surface area contributed by atoms with Crippen LogP contribution in [0.3, 0.4) is 0 Å². The Kier molecular flexibility index (Phi) is 7.14. The quantitative estimate of drug-likeness (QED) is 0.464. The molecule has 2 aromatic carbocycles. The van der Waals surface area contributed by atoms with E-state index in [1.165, 1.54) is 12.1 Å². The summed E-state index contributed by atoms with van der Waals surface area (Å²) in [6.07, 6.45) is -1.58. The summed E-state index contributed by atoms with van der Waals surface area (Å²) in [5.74, 6) is 1.40. The zero-order valence-corrected chi connectivity index (χ0v) is 23.3. The molecular weight excluding hydrogens is 523 g/mol. The molecule has 3 aliphatic heterocycles. The van der Waals surface area contributed by atoms with E-state index in [1.54, 1.807) is 28.8 Å². The lowest BCUT2D eigenvalue weighted by Gasteiger charge is -2.42. The molecule has 1 N–H and O–H groups in total. The number of aryl methyl sites for hydroxylation is 1. The molecule has 1 aromatic heterocycles. The van der Waals surface area contributed by atoms with Crippen LogP contribution in [0.2, 0.25) is 0 Å². The van der Waals surface area contributed by atoms with Gasteiger partial charge in [0.15, 0.2) is 0 Å². The molecule has 208 valence electrons. The van der Waals surface area contributed by atoms with Gasteiger partial charge in [0.25, 0.3) is 6.43 Å². The van der Waals surface area contributed by atoms with Crippen molar-refractivity contribution >= 4 is 28.5 Å². The Morgan fingerprint density at radius 1 is 1.15 bits per heavy atom. The molecule has 0 spiro atoms. The topological polar surface area (TPSA) is 53.4 Å². The van der Waals surface area contributed by atoms with Crippen LogP contribution in [-0.4, -0.2) is 71.4 Å². The Labute approximate surface area is 230 Å². The summed E-state index contributed by atoms with van der Waals surface area (Å²) < 4.78 is 41.3. The number of benzene rings is 2. The largest absolute Gasteiger partial charge is 0.350 e. The van der Waals surface area contributed by atoms with E-state index >= 15 is 0 Å². The monoisotopic (exact) mass is 557 g/mol. The Hall–Kier alpha value is -2.56. The van der Waals surface area contributed by atoms with Gasteiger partial charge in [-0.25, -0.2) is 18.0 Å². The number of rotatable bonds is 6. The van der Waals surface area contributed by atoms with Crippen LogP contribution in [0.5, 0.6) is 0 Å². The van der Waals surface area contributed by atoms with Crippen LogP contribution >= 0.6 is 11.8 Å². The van der Waals surface area contributed by atoms with Gasteiger partial charge in [0.1, 0.15) is 11.6 Å². The van der Waals surface area contributed by atoms with E-state index in [0.717, 1.165) is 57.8 Å². The van der Waals surface area contributed by atoms with Crippen LogP contribution in [0.15, 0.2) is 40.0 Å². The molecule has 0 saturated carbocycles. The highest BCUT2D eigenvalue weighted by molar-refractivity contribution is 7.99. The molecule has 2 saturated heterocycles. The third kappa shape index (κ3) is 4.95. The highest BCUT2D eigenvalue weighted by Gasteiger charge is 2.36.